The summed E-state index contributed by atoms with van der Waals surface area (Å²) in [5.41, 5.74) is 2.82. The van der Waals surface area contributed by atoms with Crippen molar-refractivity contribution in [3.05, 3.63) is 65.5 Å². The number of esters is 1. The quantitative estimate of drug-likeness (QED) is 0.408. The fraction of sp³-hybridized carbons (Fsp3) is 0.370. The number of ether oxygens (including phenoxy) is 3. The summed E-state index contributed by atoms with van der Waals surface area (Å²) >= 11 is 0. The Morgan fingerprint density at radius 3 is 2.51 bits per heavy atom. The van der Waals surface area contributed by atoms with Crippen LogP contribution in [0, 0.1) is 6.92 Å². The molecule has 0 spiro atoms. The molecule has 0 unspecified atom stereocenters. The molecule has 8 nitrogen and oxygen atoms in total. The lowest BCUT2D eigenvalue weighted by molar-refractivity contribution is -0.134. The van der Waals surface area contributed by atoms with Gasteiger partial charge < -0.3 is 23.5 Å². The van der Waals surface area contributed by atoms with Crippen molar-refractivity contribution in [2.24, 2.45) is 0 Å². The zero-order chi connectivity index (χ0) is 24.6. The molecule has 2 aromatic carbocycles. The molecule has 1 aliphatic rings. The van der Waals surface area contributed by atoms with Gasteiger partial charge in [-0.1, -0.05) is 17.7 Å². The molecule has 1 amide bonds. The molecule has 0 radical (unpaired) electrons. The van der Waals surface area contributed by atoms with E-state index in [0.29, 0.717) is 35.3 Å². The largest absolute Gasteiger partial charge is 0.490 e. The summed E-state index contributed by atoms with van der Waals surface area (Å²) < 4.78 is 22.3. The van der Waals surface area contributed by atoms with Crippen LogP contribution in [0.3, 0.4) is 0 Å². The number of amides is 1. The van der Waals surface area contributed by atoms with Crippen LogP contribution in [-0.4, -0.2) is 48.1 Å². The molecule has 1 fully saturated rings. The smallest absolute Gasteiger partial charge is 0.338 e. The molecular formula is C27H30N2O6. The van der Waals surface area contributed by atoms with Gasteiger partial charge in [0.1, 0.15) is 18.6 Å². The number of benzene rings is 2. The minimum Gasteiger partial charge on any atom is -0.490 e. The van der Waals surface area contributed by atoms with Crippen LogP contribution in [0.25, 0.3) is 11.5 Å². The lowest BCUT2D eigenvalue weighted by Gasteiger charge is -2.26. The van der Waals surface area contributed by atoms with E-state index in [1.54, 1.807) is 18.2 Å². The summed E-state index contributed by atoms with van der Waals surface area (Å²) in [5, 5.41) is 0. The maximum Gasteiger partial charge on any atom is 0.338 e. The average Bonchev–Trinajstić information content (AvgIpc) is 3.36. The molecule has 0 bridgehead atoms. The van der Waals surface area contributed by atoms with Crippen molar-refractivity contribution in [2.75, 3.05) is 26.3 Å². The highest BCUT2D eigenvalue weighted by Crippen LogP contribution is 2.29. The maximum atomic E-state index is 12.6. The van der Waals surface area contributed by atoms with Gasteiger partial charge in [0.15, 0.2) is 18.1 Å². The van der Waals surface area contributed by atoms with Gasteiger partial charge in [-0.3, -0.25) is 4.79 Å². The first-order valence-corrected chi connectivity index (χ1v) is 11.9. The van der Waals surface area contributed by atoms with Gasteiger partial charge in [-0.15, -0.1) is 0 Å². The summed E-state index contributed by atoms with van der Waals surface area (Å²) in [7, 11) is 0. The topological polar surface area (TPSA) is 91.1 Å². The fourth-order valence-electron chi connectivity index (χ4n) is 3.82. The first-order valence-electron chi connectivity index (χ1n) is 11.9. The van der Waals surface area contributed by atoms with Gasteiger partial charge in [0, 0.05) is 18.7 Å². The van der Waals surface area contributed by atoms with Crippen molar-refractivity contribution in [3.63, 3.8) is 0 Å². The normalized spacial score (nSPS) is 13.4. The molecule has 35 heavy (non-hydrogen) atoms. The number of carbonyl (C=O) groups excluding carboxylic acids is 2. The summed E-state index contributed by atoms with van der Waals surface area (Å²) in [6.45, 7) is 5.67. The maximum absolute atomic E-state index is 12.6. The molecule has 0 atom stereocenters. The van der Waals surface area contributed by atoms with Crippen LogP contribution in [0.2, 0.25) is 0 Å². The molecule has 0 N–H and O–H groups in total. The van der Waals surface area contributed by atoms with Gasteiger partial charge in [-0.05, 0) is 63.4 Å². The van der Waals surface area contributed by atoms with E-state index in [4.69, 9.17) is 18.6 Å². The molecule has 1 saturated heterocycles. The van der Waals surface area contributed by atoms with E-state index < -0.39 is 5.97 Å². The average molecular weight is 479 g/mol. The van der Waals surface area contributed by atoms with Gasteiger partial charge in [-0.25, -0.2) is 9.78 Å². The summed E-state index contributed by atoms with van der Waals surface area (Å²) in [6.07, 6.45) is 4.67. The van der Waals surface area contributed by atoms with Gasteiger partial charge in [0.25, 0.3) is 5.91 Å². The standard InChI is InChI=1S/C27H30N2O6/c1-3-32-24-15-21(11-12-23(24)33-18-25(30)29-13-5-4-6-14-29)27(31)35-17-22-16-34-26(28-22)20-9-7-19(2)8-10-20/h7-12,15-16H,3-6,13-14,17-18H2,1-2H3. The highest BCUT2D eigenvalue weighted by Gasteiger charge is 2.19. The molecular weight excluding hydrogens is 448 g/mol. The molecule has 0 saturated carbocycles. The van der Waals surface area contributed by atoms with E-state index in [9.17, 15) is 9.59 Å². The van der Waals surface area contributed by atoms with Crippen molar-refractivity contribution in [3.8, 4) is 23.0 Å². The van der Waals surface area contributed by atoms with Crippen LogP contribution in [-0.2, 0) is 16.1 Å². The monoisotopic (exact) mass is 478 g/mol. The van der Waals surface area contributed by atoms with Gasteiger partial charge >= 0.3 is 5.97 Å². The first kappa shape index (κ1) is 24.3. The third-order valence-corrected chi connectivity index (χ3v) is 5.74. The predicted octanol–water partition coefficient (Wildman–Crippen LogP) is 4.80. The zero-order valence-electron chi connectivity index (χ0n) is 20.1. The highest BCUT2D eigenvalue weighted by molar-refractivity contribution is 5.90. The van der Waals surface area contributed by atoms with Crippen LogP contribution < -0.4 is 9.47 Å². The van der Waals surface area contributed by atoms with Crippen molar-refractivity contribution >= 4 is 11.9 Å². The fourth-order valence-corrected chi connectivity index (χ4v) is 3.82. The number of carbonyl (C=O) groups is 2. The van der Waals surface area contributed by atoms with Crippen molar-refractivity contribution < 1.29 is 28.2 Å². The number of piperidine rings is 1. The van der Waals surface area contributed by atoms with E-state index in [1.165, 1.54) is 6.26 Å². The Labute approximate surface area is 204 Å². The lowest BCUT2D eigenvalue weighted by Crippen LogP contribution is -2.38. The first-order chi connectivity index (χ1) is 17.0. The second kappa shape index (κ2) is 11.6. The lowest BCUT2D eigenvalue weighted by atomic mass is 10.1. The van der Waals surface area contributed by atoms with E-state index in [0.717, 1.165) is 43.5 Å². The molecule has 1 aromatic heterocycles. The highest BCUT2D eigenvalue weighted by atomic mass is 16.5. The molecule has 3 aromatic rings. The third-order valence-electron chi connectivity index (χ3n) is 5.74. The van der Waals surface area contributed by atoms with Crippen LogP contribution in [0.5, 0.6) is 11.5 Å². The Morgan fingerprint density at radius 1 is 1.00 bits per heavy atom. The Kier molecular flexibility index (Phi) is 8.03. The number of likely N-dealkylation sites (tertiary alicyclic amines) is 1. The Bertz CT molecular complexity index is 1150. The number of oxazole rings is 1. The third kappa shape index (κ3) is 6.41. The van der Waals surface area contributed by atoms with Gasteiger partial charge in [0.05, 0.1) is 12.2 Å². The Morgan fingerprint density at radius 2 is 1.77 bits per heavy atom. The second-order valence-corrected chi connectivity index (χ2v) is 8.41. The van der Waals surface area contributed by atoms with Crippen molar-refractivity contribution in [2.45, 2.75) is 39.7 Å². The number of aryl methyl sites for hydroxylation is 1. The zero-order valence-corrected chi connectivity index (χ0v) is 20.1. The predicted molar refractivity (Wildman–Crippen MR) is 129 cm³/mol. The van der Waals surface area contributed by atoms with Crippen LogP contribution in [0.4, 0.5) is 0 Å². The minimum atomic E-state index is -0.526. The molecule has 2 heterocycles. The van der Waals surface area contributed by atoms with E-state index >= 15 is 0 Å². The molecule has 1 aliphatic heterocycles. The van der Waals surface area contributed by atoms with Crippen molar-refractivity contribution in [1.82, 2.24) is 9.88 Å². The van der Waals surface area contributed by atoms with E-state index in [-0.39, 0.29) is 19.1 Å². The van der Waals surface area contributed by atoms with Crippen LogP contribution >= 0.6 is 0 Å². The Balaban J connectivity index is 1.35. The Hall–Kier alpha value is -3.81. The summed E-state index contributed by atoms with van der Waals surface area (Å²) in [5.74, 6) is 0.690. The number of hydrogen-bond donors (Lipinski definition) is 0. The molecule has 184 valence electrons. The SMILES string of the molecule is CCOc1cc(C(=O)OCc2coc(-c3ccc(C)cc3)n2)ccc1OCC(=O)N1CCCCC1. The second-order valence-electron chi connectivity index (χ2n) is 8.41. The number of hydrogen-bond acceptors (Lipinski definition) is 7. The molecule has 8 heteroatoms. The van der Waals surface area contributed by atoms with Gasteiger partial charge in [0.2, 0.25) is 5.89 Å². The van der Waals surface area contributed by atoms with Gasteiger partial charge in [-0.2, -0.15) is 0 Å². The van der Waals surface area contributed by atoms with E-state index in [2.05, 4.69) is 4.98 Å². The molecule has 4 rings (SSSR count). The summed E-state index contributed by atoms with van der Waals surface area (Å²) in [4.78, 5) is 31.3. The number of nitrogens with zero attached hydrogens (tertiary/aromatic N) is 2. The molecule has 0 aliphatic carbocycles. The number of aromatic nitrogens is 1. The minimum absolute atomic E-state index is 0.0270. The van der Waals surface area contributed by atoms with Crippen LogP contribution in [0.15, 0.2) is 53.1 Å². The van der Waals surface area contributed by atoms with E-state index in [1.807, 2.05) is 43.0 Å². The summed E-state index contributed by atoms with van der Waals surface area (Å²) in [6, 6.07) is 12.6. The van der Waals surface area contributed by atoms with Crippen LogP contribution in [0.1, 0.15) is 47.8 Å². The van der Waals surface area contributed by atoms with Crippen molar-refractivity contribution in [1.29, 1.82) is 0 Å². The number of rotatable bonds is 9.